The molecule has 0 aliphatic carbocycles. The quantitative estimate of drug-likeness (QED) is 0.565. The first kappa shape index (κ1) is 14.1. The van der Waals surface area contributed by atoms with E-state index in [0.717, 1.165) is 0 Å². The van der Waals surface area contributed by atoms with E-state index >= 15 is 0 Å². The third-order valence-corrected chi connectivity index (χ3v) is 3.21. The molecule has 0 atom stereocenters. The standard InChI is InChI=1S/C12H13N5O2S/c1-7(18)8-3-2-4-9(5-8)14-10(19)6-20-12-15-11(13)16-17-12/h2-5H,6H2,1H3,(H,14,19)(H3,13,15,16,17). The SMILES string of the molecule is CC(=O)c1cccc(NC(=O)CSc2n[nH]c(N)n2)c1. The van der Waals surface area contributed by atoms with Gasteiger partial charge in [-0.15, -0.1) is 5.10 Å². The van der Waals surface area contributed by atoms with Gasteiger partial charge in [-0.25, -0.2) is 5.10 Å². The molecule has 0 fully saturated rings. The normalized spacial score (nSPS) is 10.2. The summed E-state index contributed by atoms with van der Waals surface area (Å²) in [6.45, 7) is 1.48. The van der Waals surface area contributed by atoms with Gasteiger partial charge in [0.1, 0.15) is 0 Å². The van der Waals surface area contributed by atoms with Crippen LogP contribution in [-0.2, 0) is 4.79 Å². The molecule has 0 saturated heterocycles. The van der Waals surface area contributed by atoms with Crippen molar-refractivity contribution in [1.29, 1.82) is 0 Å². The Morgan fingerprint density at radius 3 is 2.90 bits per heavy atom. The van der Waals surface area contributed by atoms with Crippen LogP contribution in [0.1, 0.15) is 17.3 Å². The third-order valence-electron chi connectivity index (χ3n) is 2.37. The number of rotatable bonds is 5. The van der Waals surface area contributed by atoms with Crippen molar-refractivity contribution < 1.29 is 9.59 Å². The molecule has 0 aliphatic heterocycles. The predicted octanol–water partition coefficient (Wildman–Crippen LogP) is 1.32. The molecule has 0 saturated carbocycles. The number of nitrogen functional groups attached to an aromatic ring is 1. The number of benzene rings is 1. The van der Waals surface area contributed by atoms with Crippen LogP contribution < -0.4 is 11.1 Å². The number of hydrogen-bond donors (Lipinski definition) is 3. The van der Waals surface area contributed by atoms with E-state index in [9.17, 15) is 9.59 Å². The zero-order valence-electron chi connectivity index (χ0n) is 10.7. The molecule has 2 aromatic rings. The highest BCUT2D eigenvalue weighted by Gasteiger charge is 2.08. The molecule has 20 heavy (non-hydrogen) atoms. The Bertz CT molecular complexity index is 640. The Hall–Kier alpha value is -2.35. The van der Waals surface area contributed by atoms with Gasteiger partial charge in [-0.05, 0) is 19.1 Å². The number of carbonyl (C=O) groups is 2. The molecule has 2 rings (SSSR count). The van der Waals surface area contributed by atoms with E-state index in [4.69, 9.17) is 5.73 Å². The lowest BCUT2D eigenvalue weighted by Gasteiger charge is -2.05. The Labute approximate surface area is 119 Å². The van der Waals surface area contributed by atoms with Crippen LogP contribution in [0.3, 0.4) is 0 Å². The fourth-order valence-electron chi connectivity index (χ4n) is 1.47. The zero-order valence-corrected chi connectivity index (χ0v) is 11.5. The number of thioether (sulfide) groups is 1. The van der Waals surface area contributed by atoms with Crippen LogP contribution in [-0.4, -0.2) is 32.6 Å². The van der Waals surface area contributed by atoms with Gasteiger partial charge in [0, 0.05) is 11.3 Å². The largest absolute Gasteiger partial charge is 0.368 e. The number of nitrogens with two attached hydrogens (primary N) is 1. The third kappa shape index (κ3) is 3.82. The lowest BCUT2D eigenvalue weighted by Crippen LogP contribution is -2.14. The minimum atomic E-state index is -0.209. The molecule has 0 bridgehead atoms. The fraction of sp³-hybridized carbons (Fsp3) is 0.167. The molecule has 1 aromatic heterocycles. The number of anilines is 2. The van der Waals surface area contributed by atoms with E-state index in [0.29, 0.717) is 16.4 Å². The lowest BCUT2D eigenvalue weighted by atomic mass is 10.1. The Morgan fingerprint density at radius 2 is 2.25 bits per heavy atom. The Kier molecular flexibility index (Phi) is 4.36. The van der Waals surface area contributed by atoms with Crippen molar-refractivity contribution in [1.82, 2.24) is 15.2 Å². The molecule has 0 aliphatic rings. The van der Waals surface area contributed by atoms with Gasteiger partial charge >= 0.3 is 0 Å². The van der Waals surface area contributed by atoms with Crippen LogP contribution in [0, 0.1) is 0 Å². The van der Waals surface area contributed by atoms with Crippen LogP contribution in [0.15, 0.2) is 29.4 Å². The topological polar surface area (TPSA) is 114 Å². The van der Waals surface area contributed by atoms with Crippen molar-refractivity contribution >= 4 is 35.1 Å². The van der Waals surface area contributed by atoms with Crippen molar-refractivity contribution in [3.05, 3.63) is 29.8 Å². The van der Waals surface area contributed by atoms with E-state index in [1.165, 1.54) is 18.7 Å². The maximum absolute atomic E-state index is 11.8. The molecule has 0 unspecified atom stereocenters. The summed E-state index contributed by atoms with van der Waals surface area (Å²) in [4.78, 5) is 26.9. The van der Waals surface area contributed by atoms with E-state index in [1.807, 2.05) is 0 Å². The van der Waals surface area contributed by atoms with Crippen LogP contribution in [0.2, 0.25) is 0 Å². The summed E-state index contributed by atoms with van der Waals surface area (Å²) in [6, 6.07) is 6.77. The van der Waals surface area contributed by atoms with Crippen LogP contribution in [0.4, 0.5) is 11.6 Å². The smallest absolute Gasteiger partial charge is 0.234 e. The second kappa shape index (κ2) is 6.20. The number of carbonyl (C=O) groups excluding carboxylic acids is 2. The van der Waals surface area contributed by atoms with Gasteiger partial charge in [0.15, 0.2) is 5.78 Å². The molecule has 1 aromatic carbocycles. The summed E-state index contributed by atoms with van der Waals surface area (Å²) >= 11 is 1.17. The molecule has 1 heterocycles. The van der Waals surface area contributed by atoms with Gasteiger partial charge < -0.3 is 11.1 Å². The zero-order chi connectivity index (χ0) is 14.5. The van der Waals surface area contributed by atoms with Crippen LogP contribution >= 0.6 is 11.8 Å². The van der Waals surface area contributed by atoms with Gasteiger partial charge in [-0.2, -0.15) is 4.98 Å². The average molecular weight is 291 g/mol. The van der Waals surface area contributed by atoms with Crippen LogP contribution in [0.25, 0.3) is 0 Å². The summed E-state index contributed by atoms with van der Waals surface area (Å²) in [5.74, 6) is 0.106. The first-order chi connectivity index (χ1) is 9.54. The van der Waals surface area contributed by atoms with E-state index in [-0.39, 0.29) is 23.4 Å². The molecule has 4 N–H and O–H groups in total. The van der Waals surface area contributed by atoms with Crippen molar-refractivity contribution in [2.45, 2.75) is 12.1 Å². The second-order valence-corrected chi connectivity index (χ2v) is 4.92. The highest BCUT2D eigenvalue weighted by Crippen LogP contribution is 2.15. The number of nitrogens with zero attached hydrogens (tertiary/aromatic N) is 2. The van der Waals surface area contributed by atoms with Gasteiger partial charge in [0.2, 0.25) is 17.0 Å². The molecular weight excluding hydrogens is 278 g/mol. The highest BCUT2D eigenvalue weighted by atomic mass is 32.2. The molecule has 7 nitrogen and oxygen atoms in total. The number of nitrogens with one attached hydrogen (secondary N) is 2. The number of H-pyrrole nitrogens is 1. The maximum atomic E-state index is 11.8. The summed E-state index contributed by atoms with van der Waals surface area (Å²) in [5, 5.41) is 9.42. The van der Waals surface area contributed by atoms with Gasteiger partial charge in [-0.3, -0.25) is 9.59 Å². The Balaban J connectivity index is 1.91. The van der Waals surface area contributed by atoms with E-state index in [2.05, 4.69) is 20.5 Å². The summed E-state index contributed by atoms with van der Waals surface area (Å²) in [5.41, 5.74) is 6.51. The molecule has 1 amide bonds. The molecule has 8 heteroatoms. The molecule has 0 radical (unpaired) electrons. The molecule has 104 valence electrons. The van der Waals surface area contributed by atoms with Gasteiger partial charge in [-0.1, -0.05) is 23.9 Å². The van der Waals surface area contributed by atoms with Crippen molar-refractivity contribution in [3.63, 3.8) is 0 Å². The van der Waals surface area contributed by atoms with Gasteiger partial charge in [0.05, 0.1) is 5.75 Å². The number of aromatic amines is 1. The summed E-state index contributed by atoms with van der Waals surface area (Å²) in [6.07, 6.45) is 0. The minimum Gasteiger partial charge on any atom is -0.368 e. The number of Topliss-reactive ketones (excluding diaryl/α,β-unsaturated/α-hetero) is 1. The number of ketones is 1. The average Bonchev–Trinajstić information content (AvgIpc) is 2.82. The highest BCUT2D eigenvalue weighted by molar-refractivity contribution is 7.99. The monoisotopic (exact) mass is 291 g/mol. The van der Waals surface area contributed by atoms with Crippen LogP contribution in [0.5, 0.6) is 0 Å². The van der Waals surface area contributed by atoms with Crippen molar-refractivity contribution in [2.24, 2.45) is 0 Å². The van der Waals surface area contributed by atoms with E-state index in [1.54, 1.807) is 24.3 Å². The minimum absolute atomic E-state index is 0.0494. The summed E-state index contributed by atoms with van der Waals surface area (Å²) in [7, 11) is 0. The maximum Gasteiger partial charge on any atom is 0.234 e. The number of hydrogen-bond acceptors (Lipinski definition) is 6. The predicted molar refractivity (Wildman–Crippen MR) is 76.6 cm³/mol. The Morgan fingerprint density at radius 1 is 1.45 bits per heavy atom. The molecule has 0 spiro atoms. The first-order valence-corrected chi connectivity index (χ1v) is 6.74. The van der Waals surface area contributed by atoms with Crippen molar-refractivity contribution in [3.8, 4) is 0 Å². The fourth-order valence-corrected chi connectivity index (χ4v) is 2.07. The number of amides is 1. The van der Waals surface area contributed by atoms with Gasteiger partial charge in [0.25, 0.3) is 0 Å². The summed E-state index contributed by atoms with van der Waals surface area (Å²) < 4.78 is 0. The number of aromatic nitrogens is 3. The second-order valence-electron chi connectivity index (χ2n) is 3.98. The first-order valence-electron chi connectivity index (χ1n) is 5.76. The van der Waals surface area contributed by atoms with E-state index < -0.39 is 0 Å². The lowest BCUT2D eigenvalue weighted by molar-refractivity contribution is -0.113. The van der Waals surface area contributed by atoms with Crippen molar-refractivity contribution in [2.75, 3.05) is 16.8 Å². The molecular formula is C12H13N5O2S.